The molecule has 1 heterocycles. The maximum absolute atomic E-state index is 4.33. The number of nitrogens with one attached hydrogen (secondary N) is 1. The molecule has 0 aromatic carbocycles. The Hall–Kier alpha value is -0.830. The lowest BCUT2D eigenvalue weighted by Gasteiger charge is -2.23. The van der Waals surface area contributed by atoms with Crippen LogP contribution in [0.4, 0.5) is 0 Å². The number of aromatic nitrogens is 2. The van der Waals surface area contributed by atoms with E-state index in [9.17, 15) is 0 Å². The molecular weight excluding hydrogens is 174 g/mol. The second kappa shape index (κ2) is 3.73. The summed E-state index contributed by atoms with van der Waals surface area (Å²) in [5.74, 6) is 0. The number of hydrogen-bond donors (Lipinski definition) is 1. The Kier molecular flexibility index (Phi) is 3.00. The molecule has 0 aliphatic heterocycles. The summed E-state index contributed by atoms with van der Waals surface area (Å²) in [7, 11) is 3.98. The molecule has 1 atom stereocenters. The van der Waals surface area contributed by atoms with Crippen molar-refractivity contribution in [3.05, 3.63) is 17.5 Å². The number of nitrogens with zero attached hydrogens (tertiary/aromatic N) is 2. The standard InChI is InChI=1S/C11H21N3/c1-8(12-5)9-7-13-14(6)10(9)11(2,3)4/h7-8,12H,1-6H3. The van der Waals surface area contributed by atoms with Crippen molar-refractivity contribution in [3.8, 4) is 0 Å². The molecule has 0 fully saturated rings. The van der Waals surface area contributed by atoms with Gasteiger partial charge >= 0.3 is 0 Å². The monoisotopic (exact) mass is 195 g/mol. The van der Waals surface area contributed by atoms with Crippen LogP contribution in [0.25, 0.3) is 0 Å². The fourth-order valence-corrected chi connectivity index (χ4v) is 1.85. The van der Waals surface area contributed by atoms with Crippen LogP contribution in [-0.2, 0) is 12.5 Å². The minimum atomic E-state index is 0.145. The third kappa shape index (κ3) is 1.98. The summed E-state index contributed by atoms with van der Waals surface area (Å²) in [6.07, 6.45) is 1.96. The molecule has 1 unspecified atom stereocenters. The summed E-state index contributed by atoms with van der Waals surface area (Å²) in [4.78, 5) is 0. The fraction of sp³-hybridized carbons (Fsp3) is 0.727. The first-order valence-corrected chi connectivity index (χ1v) is 5.07. The normalized spacial score (nSPS) is 14.4. The molecule has 0 amide bonds. The van der Waals surface area contributed by atoms with Crippen LogP contribution in [0.15, 0.2) is 6.20 Å². The Morgan fingerprint density at radius 2 is 2.00 bits per heavy atom. The average molecular weight is 195 g/mol. The van der Waals surface area contributed by atoms with E-state index in [2.05, 4.69) is 38.1 Å². The lowest BCUT2D eigenvalue weighted by Crippen LogP contribution is -2.22. The number of aryl methyl sites for hydroxylation is 1. The van der Waals surface area contributed by atoms with Gasteiger partial charge in [0.05, 0.1) is 6.20 Å². The highest BCUT2D eigenvalue weighted by Crippen LogP contribution is 2.28. The third-order valence-electron chi connectivity index (χ3n) is 2.58. The molecule has 0 bridgehead atoms. The predicted octanol–water partition coefficient (Wildman–Crippen LogP) is 2.00. The highest BCUT2D eigenvalue weighted by atomic mass is 15.3. The Balaban J connectivity index is 3.19. The van der Waals surface area contributed by atoms with Gasteiger partial charge in [0, 0.05) is 29.8 Å². The van der Waals surface area contributed by atoms with Crippen molar-refractivity contribution in [2.45, 2.75) is 39.2 Å². The molecule has 0 spiro atoms. The zero-order valence-corrected chi connectivity index (χ0v) is 10.0. The molecule has 1 rings (SSSR count). The van der Waals surface area contributed by atoms with Crippen molar-refractivity contribution in [1.29, 1.82) is 0 Å². The second-order valence-corrected chi connectivity index (χ2v) is 4.83. The van der Waals surface area contributed by atoms with E-state index in [0.717, 1.165) is 0 Å². The minimum Gasteiger partial charge on any atom is -0.313 e. The Labute approximate surface area is 86.5 Å². The van der Waals surface area contributed by atoms with Crippen molar-refractivity contribution >= 4 is 0 Å². The van der Waals surface area contributed by atoms with E-state index in [1.807, 2.05) is 25.0 Å². The molecule has 1 aromatic rings. The molecule has 80 valence electrons. The predicted molar refractivity (Wildman–Crippen MR) is 59.4 cm³/mol. The van der Waals surface area contributed by atoms with Gasteiger partial charge in [0.1, 0.15) is 0 Å². The zero-order chi connectivity index (χ0) is 10.9. The van der Waals surface area contributed by atoms with E-state index in [1.54, 1.807) is 0 Å². The maximum Gasteiger partial charge on any atom is 0.0540 e. The largest absolute Gasteiger partial charge is 0.313 e. The SMILES string of the molecule is CNC(C)c1cnn(C)c1C(C)(C)C. The highest BCUT2D eigenvalue weighted by molar-refractivity contribution is 5.27. The molecule has 0 radical (unpaired) electrons. The van der Waals surface area contributed by atoms with Crippen molar-refractivity contribution in [1.82, 2.24) is 15.1 Å². The summed E-state index contributed by atoms with van der Waals surface area (Å²) in [6, 6.07) is 0.359. The maximum atomic E-state index is 4.33. The van der Waals surface area contributed by atoms with Crippen molar-refractivity contribution in [2.75, 3.05) is 7.05 Å². The van der Waals surface area contributed by atoms with Crippen LogP contribution < -0.4 is 5.32 Å². The van der Waals surface area contributed by atoms with Gasteiger partial charge in [-0.3, -0.25) is 4.68 Å². The lowest BCUT2D eigenvalue weighted by molar-refractivity contribution is 0.506. The van der Waals surface area contributed by atoms with Gasteiger partial charge in [-0.15, -0.1) is 0 Å². The van der Waals surface area contributed by atoms with Crippen LogP contribution in [0.1, 0.15) is 45.0 Å². The first kappa shape index (κ1) is 11.2. The van der Waals surface area contributed by atoms with Crippen LogP contribution in [0, 0.1) is 0 Å². The summed E-state index contributed by atoms with van der Waals surface area (Å²) in [5.41, 5.74) is 2.74. The van der Waals surface area contributed by atoms with Gasteiger partial charge < -0.3 is 5.32 Å². The van der Waals surface area contributed by atoms with Crippen LogP contribution in [0.5, 0.6) is 0 Å². The van der Waals surface area contributed by atoms with E-state index in [4.69, 9.17) is 0 Å². The van der Waals surface area contributed by atoms with E-state index >= 15 is 0 Å². The molecule has 3 nitrogen and oxygen atoms in total. The Morgan fingerprint density at radius 1 is 1.43 bits per heavy atom. The van der Waals surface area contributed by atoms with Crippen LogP contribution in [0.3, 0.4) is 0 Å². The smallest absolute Gasteiger partial charge is 0.0540 e. The molecule has 0 aliphatic rings. The molecule has 1 N–H and O–H groups in total. The Morgan fingerprint density at radius 3 is 2.43 bits per heavy atom. The number of rotatable bonds is 2. The quantitative estimate of drug-likeness (QED) is 0.782. The first-order chi connectivity index (χ1) is 6.38. The van der Waals surface area contributed by atoms with Gasteiger partial charge in [0.15, 0.2) is 0 Å². The van der Waals surface area contributed by atoms with Gasteiger partial charge in [0.25, 0.3) is 0 Å². The van der Waals surface area contributed by atoms with Gasteiger partial charge in [-0.2, -0.15) is 5.10 Å². The van der Waals surface area contributed by atoms with Gasteiger partial charge in [-0.1, -0.05) is 20.8 Å². The van der Waals surface area contributed by atoms with E-state index in [-0.39, 0.29) is 5.41 Å². The summed E-state index contributed by atoms with van der Waals surface area (Å²) in [6.45, 7) is 8.81. The molecule has 0 saturated heterocycles. The molecular formula is C11H21N3. The zero-order valence-electron chi connectivity index (χ0n) is 10.0. The minimum absolute atomic E-state index is 0.145. The third-order valence-corrected chi connectivity index (χ3v) is 2.58. The molecule has 14 heavy (non-hydrogen) atoms. The molecule has 0 saturated carbocycles. The number of hydrogen-bond acceptors (Lipinski definition) is 2. The summed E-state index contributed by atoms with van der Waals surface area (Å²) in [5, 5.41) is 7.58. The Bertz CT molecular complexity index is 307. The van der Waals surface area contributed by atoms with Crippen molar-refractivity contribution in [2.24, 2.45) is 7.05 Å². The first-order valence-electron chi connectivity index (χ1n) is 5.07. The van der Waals surface area contributed by atoms with Crippen LogP contribution in [-0.4, -0.2) is 16.8 Å². The van der Waals surface area contributed by atoms with Gasteiger partial charge in [-0.05, 0) is 14.0 Å². The second-order valence-electron chi connectivity index (χ2n) is 4.83. The van der Waals surface area contributed by atoms with Crippen LogP contribution in [0.2, 0.25) is 0 Å². The molecule has 1 aromatic heterocycles. The van der Waals surface area contributed by atoms with Gasteiger partial charge in [0.2, 0.25) is 0 Å². The highest BCUT2D eigenvalue weighted by Gasteiger charge is 2.24. The topological polar surface area (TPSA) is 29.9 Å². The van der Waals surface area contributed by atoms with E-state index in [1.165, 1.54) is 11.3 Å². The average Bonchev–Trinajstić information content (AvgIpc) is 2.44. The van der Waals surface area contributed by atoms with Crippen molar-refractivity contribution < 1.29 is 0 Å². The van der Waals surface area contributed by atoms with E-state index < -0.39 is 0 Å². The fourth-order valence-electron chi connectivity index (χ4n) is 1.85. The summed E-state index contributed by atoms with van der Waals surface area (Å²) < 4.78 is 1.98. The van der Waals surface area contributed by atoms with Gasteiger partial charge in [-0.25, -0.2) is 0 Å². The molecule has 0 aliphatic carbocycles. The van der Waals surface area contributed by atoms with E-state index in [0.29, 0.717) is 6.04 Å². The lowest BCUT2D eigenvalue weighted by atomic mass is 9.87. The van der Waals surface area contributed by atoms with Crippen molar-refractivity contribution in [3.63, 3.8) is 0 Å². The van der Waals surface area contributed by atoms with Crippen LogP contribution >= 0.6 is 0 Å². The molecule has 3 heteroatoms. The summed E-state index contributed by atoms with van der Waals surface area (Å²) >= 11 is 0.